The number of nitrogens with one attached hydrogen (secondary N) is 2. The van der Waals surface area contributed by atoms with E-state index in [4.69, 9.17) is 9.47 Å². The van der Waals surface area contributed by atoms with Gasteiger partial charge in [0.2, 0.25) is 0 Å². The van der Waals surface area contributed by atoms with Crippen molar-refractivity contribution in [3.63, 3.8) is 0 Å². The van der Waals surface area contributed by atoms with E-state index in [9.17, 15) is 19.7 Å². The normalized spacial score (nSPS) is 10.7. The molecule has 0 aromatic heterocycles. The Bertz CT molecular complexity index is 1340. The summed E-state index contributed by atoms with van der Waals surface area (Å²) in [5.74, 6) is -0.123. The first-order valence-corrected chi connectivity index (χ1v) is 11.7. The number of halogens is 1. The monoisotopic (exact) mass is 602 g/mol. The molecule has 10 nitrogen and oxygen atoms in total. The molecule has 36 heavy (non-hydrogen) atoms. The first-order valence-electron chi connectivity index (χ1n) is 10.6. The van der Waals surface area contributed by atoms with E-state index in [0.29, 0.717) is 20.6 Å². The summed E-state index contributed by atoms with van der Waals surface area (Å²) in [5.41, 5.74) is 5.64. The third-order valence-corrected chi connectivity index (χ3v) is 5.98. The maximum atomic E-state index is 12.4. The third-order valence-electron chi connectivity index (χ3n) is 5.18. The predicted molar refractivity (Wildman–Crippen MR) is 144 cm³/mol. The number of hydrazone groups is 1. The molecule has 0 aliphatic carbocycles. The number of aryl methyl sites for hydroxylation is 1. The molecule has 3 aromatic carbocycles. The van der Waals surface area contributed by atoms with E-state index in [0.717, 1.165) is 16.8 Å². The number of nitro groups is 1. The molecule has 0 heterocycles. The number of hydrogen-bond acceptors (Lipinski definition) is 7. The summed E-state index contributed by atoms with van der Waals surface area (Å²) in [6.45, 7) is 3.69. The molecule has 0 aliphatic heterocycles. The zero-order chi connectivity index (χ0) is 26.2. The second-order valence-electron chi connectivity index (χ2n) is 7.62. The van der Waals surface area contributed by atoms with Crippen LogP contribution in [0.5, 0.6) is 11.5 Å². The fraction of sp³-hybridized carbons (Fsp3) is 0.160. The number of non-ortho nitro benzene ring substituents is 1. The number of benzene rings is 3. The first-order chi connectivity index (χ1) is 17.2. The van der Waals surface area contributed by atoms with Gasteiger partial charge in [0.05, 0.1) is 21.8 Å². The van der Waals surface area contributed by atoms with Gasteiger partial charge in [-0.05, 0) is 77.4 Å². The van der Waals surface area contributed by atoms with Crippen LogP contribution in [0.4, 0.5) is 11.4 Å². The van der Waals surface area contributed by atoms with Crippen molar-refractivity contribution in [1.29, 1.82) is 0 Å². The summed E-state index contributed by atoms with van der Waals surface area (Å²) < 4.78 is 11.8. The highest BCUT2D eigenvalue weighted by Gasteiger charge is 2.15. The molecule has 0 radical (unpaired) electrons. The minimum Gasteiger partial charge on any atom is -0.493 e. The number of nitro benzene ring substituents is 1. The average Bonchev–Trinajstić information content (AvgIpc) is 2.85. The Balaban J connectivity index is 1.65. The maximum absolute atomic E-state index is 12.4. The molecule has 3 rings (SSSR count). The summed E-state index contributed by atoms with van der Waals surface area (Å²) in [6, 6.07) is 14.4. The first kappa shape index (κ1) is 26.6. The Morgan fingerprint density at radius 2 is 1.89 bits per heavy atom. The highest BCUT2D eigenvalue weighted by Crippen LogP contribution is 2.33. The number of rotatable bonds is 9. The number of nitrogens with zero attached hydrogens (tertiary/aromatic N) is 2. The van der Waals surface area contributed by atoms with Crippen LogP contribution in [0, 0.1) is 27.5 Å². The third kappa shape index (κ3) is 6.78. The second kappa shape index (κ2) is 12.1. The summed E-state index contributed by atoms with van der Waals surface area (Å²) in [4.78, 5) is 35.0. The molecule has 11 heteroatoms. The van der Waals surface area contributed by atoms with E-state index < -0.39 is 10.8 Å². The molecule has 3 aromatic rings. The highest BCUT2D eigenvalue weighted by atomic mass is 127. The molecule has 0 spiro atoms. The van der Waals surface area contributed by atoms with E-state index in [1.54, 1.807) is 12.1 Å². The highest BCUT2D eigenvalue weighted by molar-refractivity contribution is 14.1. The van der Waals surface area contributed by atoms with Gasteiger partial charge in [-0.3, -0.25) is 19.7 Å². The topological polar surface area (TPSA) is 132 Å². The van der Waals surface area contributed by atoms with Crippen LogP contribution in [-0.2, 0) is 4.79 Å². The predicted octanol–water partition coefficient (Wildman–Crippen LogP) is 4.61. The van der Waals surface area contributed by atoms with E-state index in [-0.39, 0.29) is 23.8 Å². The van der Waals surface area contributed by atoms with Gasteiger partial charge in [0.15, 0.2) is 18.1 Å². The lowest BCUT2D eigenvalue weighted by Crippen LogP contribution is -2.21. The molecule has 2 amide bonds. The Labute approximate surface area is 221 Å². The van der Waals surface area contributed by atoms with Crippen LogP contribution in [-0.4, -0.2) is 36.7 Å². The zero-order valence-electron chi connectivity index (χ0n) is 19.7. The van der Waals surface area contributed by atoms with Crippen molar-refractivity contribution in [3.8, 4) is 11.5 Å². The van der Waals surface area contributed by atoms with Crippen molar-refractivity contribution in [2.45, 2.75) is 13.8 Å². The van der Waals surface area contributed by atoms with Gasteiger partial charge in [-0.25, -0.2) is 5.43 Å². The molecule has 0 atom stereocenters. The van der Waals surface area contributed by atoms with E-state index in [2.05, 4.69) is 15.8 Å². The van der Waals surface area contributed by atoms with Crippen LogP contribution in [0.1, 0.15) is 27.0 Å². The van der Waals surface area contributed by atoms with Crippen LogP contribution in [0.15, 0.2) is 59.7 Å². The van der Waals surface area contributed by atoms with Crippen LogP contribution in [0.2, 0.25) is 0 Å². The lowest BCUT2D eigenvalue weighted by molar-refractivity contribution is -0.384. The number of carbonyl (C=O) groups is 2. The fourth-order valence-electron chi connectivity index (χ4n) is 3.16. The zero-order valence-corrected chi connectivity index (χ0v) is 21.9. The number of ether oxygens (including phenoxy) is 2. The molecule has 2 N–H and O–H groups in total. The molecule has 0 bridgehead atoms. The van der Waals surface area contributed by atoms with E-state index in [1.165, 1.54) is 37.6 Å². The Kier molecular flexibility index (Phi) is 8.95. The number of anilines is 1. The standard InChI is InChI=1S/C25H23IN4O6/c1-15-6-4-9-21(16(15)2)28-23(31)14-36-24-20(26)10-17(11-22(24)35-3)13-27-29-25(32)18-7-5-8-19(12-18)30(33)34/h4-13H,14H2,1-3H3,(H,28,31)(H,29,32)/b27-13+. The molecule has 186 valence electrons. The Morgan fingerprint density at radius 3 is 2.61 bits per heavy atom. The van der Waals surface area contributed by atoms with E-state index >= 15 is 0 Å². The summed E-state index contributed by atoms with van der Waals surface area (Å²) in [5, 5.41) is 17.6. The Morgan fingerprint density at radius 1 is 1.14 bits per heavy atom. The van der Waals surface area contributed by atoms with Crippen LogP contribution in [0.3, 0.4) is 0 Å². The molecule has 0 fully saturated rings. The lowest BCUT2D eigenvalue weighted by atomic mass is 10.1. The van der Waals surface area contributed by atoms with Gasteiger partial charge in [0.1, 0.15) is 0 Å². The number of hydrogen-bond donors (Lipinski definition) is 2. The average molecular weight is 602 g/mol. The maximum Gasteiger partial charge on any atom is 0.271 e. The minimum absolute atomic E-state index is 0.108. The van der Waals surface area contributed by atoms with Gasteiger partial charge in [-0.1, -0.05) is 18.2 Å². The second-order valence-corrected chi connectivity index (χ2v) is 8.79. The fourth-order valence-corrected chi connectivity index (χ4v) is 3.94. The van der Waals surface area contributed by atoms with Crippen molar-refractivity contribution in [1.82, 2.24) is 5.43 Å². The largest absolute Gasteiger partial charge is 0.493 e. The lowest BCUT2D eigenvalue weighted by Gasteiger charge is -2.14. The van der Waals surface area contributed by atoms with Gasteiger partial charge in [0.25, 0.3) is 17.5 Å². The smallest absolute Gasteiger partial charge is 0.271 e. The van der Waals surface area contributed by atoms with Crippen molar-refractivity contribution >= 4 is 52.0 Å². The van der Waals surface area contributed by atoms with Gasteiger partial charge >= 0.3 is 0 Å². The van der Waals surface area contributed by atoms with E-state index in [1.807, 2.05) is 54.6 Å². The minimum atomic E-state index is -0.591. The molecule has 0 unspecified atom stereocenters. The number of amides is 2. The molecular weight excluding hydrogens is 579 g/mol. The molecule has 0 saturated carbocycles. The summed E-state index contributed by atoms with van der Waals surface area (Å²) >= 11 is 2.05. The van der Waals surface area contributed by atoms with Gasteiger partial charge < -0.3 is 14.8 Å². The summed E-state index contributed by atoms with van der Waals surface area (Å²) in [7, 11) is 1.47. The van der Waals surface area contributed by atoms with Gasteiger partial charge in [-0.2, -0.15) is 5.10 Å². The van der Waals surface area contributed by atoms with Crippen molar-refractivity contribution in [2.24, 2.45) is 5.10 Å². The quantitative estimate of drug-likeness (QED) is 0.159. The van der Waals surface area contributed by atoms with Crippen LogP contribution in [0.25, 0.3) is 0 Å². The molecule has 0 aliphatic rings. The van der Waals surface area contributed by atoms with Crippen molar-refractivity contribution < 1.29 is 24.0 Å². The molecule has 0 saturated heterocycles. The Hall–Kier alpha value is -4.00. The van der Waals surface area contributed by atoms with Crippen LogP contribution >= 0.6 is 22.6 Å². The summed E-state index contributed by atoms with van der Waals surface area (Å²) in [6.07, 6.45) is 1.40. The van der Waals surface area contributed by atoms with Crippen LogP contribution < -0.4 is 20.2 Å². The van der Waals surface area contributed by atoms with Crippen molar-refractivity contribution in [3.05, 3.63) is 90.5 Å². The number of methoxy groups -OCH3 is 1. The van der Waals surface area contributed by atoms with Gasteiger partial charge in [-0.15, -0.1) is 0 Å². The molecular formula is C25H23IN4O6. The van der Waals surface area contributed by atoms with Crippen molar-refractivity contribution in [2.75, 3.05) is 19.0 Å². The van der Waals surface area contributed by atoms with Gasteiger partial charge in [0, 0.05) is 23.4 Å². The SMILES string of the molecule is COc1cc(/C=N/NC(=O)c2cccc([N+](=O)[O-])c2)cc(I)c1OCC(=O)Nc1cccc(C)c1C. The number of carbonyl (C=O) groups excluding carboxylic acids is 2.